The highest BCUT2D eigenvalue weighted by atomic mass is 19.1. The summed E-state index contributed by atoms with van der Waals surface area (Å²) in [5, 5.41) is 18.2. The van der Waals surface area contributed by atoms with Crippen LogP contribution >= 0.6 is 0 Å². The Balaban J connectivity index is 1.69. The van der Waals surface area contributed by atoms with Crippen LogP contribution in [0.2, 0.25) is 0 Å². The van der Waals surface area contributed by atoms with E-state index in [4.69, 9.17) is 5.41 Å². The Morgan fingerprint density at radius 2 is 1.86 bits per heavy atom. The zero-order chi connectivity index (χ0) is 15.7. The number of aliphatic hydroxyl groups is 1. The van der Waals surface area contributed by atoms with Crippen LogP contribution in [0, 0.1) is 34.0 Å². The van der Waals surface area contributed by atoms with Crippen LogP contribution in [0.3, 0.4) is 0 Å². The lowest BCUT2D eigenvalue weighted by Crippen LogP contribution is -2.50. The van der Waals surface area contributed by atoms with Crippen LogP contribution < -0.4 is 0 Å². The second kappa shape index (κ2) is 4.66. The summed E-state index contributed by atoms with van der Waals surface area (Å²) in [6.45, 7) is 4.53. The Bertz CT molecular complexity index is 544. The van der Waals surface area contributed by atoms with E-state index in [1.54, 1.807) is 0 Å². The van der Waals surface area contributed by atoms with E-state index in [1.165, 1.54) is 5.57 Å². The van der Waals surface area contributed by atoms with Gasteiger partial charge in [0.1, 0.15) is 6.17 Å². The fraction of sp³-hybridized carbons (Fsp3) is 0.842. The molecule has 0 aromatic rings. The molecule has 0 aliphatic heterocycles. The van der Waals surface area contributed by atoms with Crippen molar-refractivity contribution in [3.8, 4) is 0 Å². The summed E-state index contributed by atoms with van der Waals surface area (Å²) in [7, 11) is 0. The number of alkyl halides is 1. The lowest BCUT2D eigenvalue weighted by Gasteiger charge is -2.57. The largest absolute Gasteiger partial charge is 0.389 e. The van der Waals surface area contributed by atoms with Gasteiger partial charge in [0, 0.05) is 11.1 Å². The predicted octanol–water partition coefficient (Wildman–Crippen LogP) is 4.28. The van der Waals surface area contributed by atoms with Crippen molar-refractivity contribution >= 4 is 5.71 Å². The minimum atomic E-state index is -1.01. The number of halogens is 1. The Morgan fingerprint density at radius 3 is 2.64 bits per heavy atom. The van der Waals surface area contributed by atoms with Crippen LogP contribution in [0.15, 0.2) is 11.6 Å². The van der Waals surface area contributed by atoms with Gasteiger partial charge in [-0.05, 0) is 68.1 Å². The molecule has 4 aliphatic carbocycles. The molecule has 7 atom stereocenters. The maximum atomic E-state index is 14.2. The van der Waals surface area contributed by atoms with Gasteiger partial charge in [0.05, 0.1) is 6.10 Å². The Kier molecular flexibility index (Phi) is 3.15. The highest BCUT2D eigenvalue weighted by Crippen LogP contribution is 2.64. The van der Waals surface area contributed by atoms with E-state index >= 15 is 0 Å². The summed E-state index contributed by atoms with van der Waals surface area (Å²) in [6, 6.07) is 0. The molecule has 3 saturated carbocycles. The Morgan fingerprint density at radius 1 is 1.14 bits per heavy atom. The fourth-order valence-electron chi connectivity index (χ4n) is 6.50. The standard InChI is InChI=1S/C19H28FNO/c1-18-7-5-12(22)9-11(18)3-4-13-14(18)6-8-19(2)15(13)10-16(20)17(19)21/h9,12-16,21-22H,3-8,10H2,1-2H3/t12-,13+,14-,15-,16?,18-,19-/m0/s1. The Labute approximate surface area is 132 Å². The second-order valence-electron chi connectivity index (χ2n) is 8.70. The van der Waals surface area contributed by atoms with Crippen molar-refractivity contribution in [1.29, 1.82) is 5.41 Å². The topological polar surface area (TPSA) is 44.1 Å². The molecule has 0 amide bonds. The third-order valence-electron chi connectivity index (χ3n) is 7.87. The average Bonchev–Trinajstić information content (AvgIpc) is 2.72. The molecule has 3 fully saturated rings. The molecule has 122 valence electrons. The first-order valence-electron chi connectivity index (χ1n) is 8.98. The van der Waals surface area contributed by atoms with Crippen molar-refractivity contribution < 1.29 is 9.50 Å². The molecule has 0 spiro atoms. The van der Waals surface area contributed by atoms with Crippen molar-refractivity contribution in [3.63, 3.8) is 0 Å². The van der Waals surface area contributed by atoms with Crippen molar-refractivity contribution in [3.05, 3.63) is 11.6 Å². The molecule has 0 saturated heterocycles. The molecule has 0 aromatic heterocycles. The van der Waals surface area contributed by atoms with Gasteiger partial charge in [0.25, 0.3) is 0 Å². The molecule has 3 heteroatoms. The van der Waals surface area contributed by atoms with Crippen LogP contribution in [-0.2, 0) is 0 Å². The SMILES string of the molecule is C[C@]12CC[C@H](O)C=C1CC[C@@H]1[C@@H]2CC[C@]2(C)C(=N)C(F)C[C@@H]12. The van der Waals surface area contributed by atoms with Crippen LogP contribution in [-0.4, -0.2) is 23.1 Å². The smallest absolute Gasteiger partial charge is 0.138 e. The fourth-order valence-corrected chi connectivity index (χ4v) is 6.50. The van der Waals surface area contributed by atoms with Gasteiger partial charge in [-0.3, -0.25) is 0 Å². The van der Waals surface area contributed by atoms with Gasteiger partial charge in [0.15, 0.2) is 0 Å². The summed E-state index contributed by atoms with van der Waals surface area (Å²) >= 11 is 0. The quantitative estimate of drug-likeness (QED) is 0.645. The van der Waals surface area contributed by atoms with E-state index in [0.29, 0.717) is 29.9 Å². The van der Waals surface area contributed by atoms with Gasteiger partial charge in [-0.1, -0.05) is 25.5 Å². The van der Waals surface area contributed by atoms with Gasteiger partial charge < -0.3 is 10.5 Å². The van der Waals surface area contributed by atoms with Gasteiger partial charge in [-0.2, -0.15) is 0 Å². The average molecular weight is 305 g/mol. The molecule has 22 heavy (non-hydrogen) atoms. The minimum absolute atomic E-state index is 0.188. The van der Waals surface area contributed by atoms with Crippen LogP contribution in [0.1, 0.15) is 58.8 Å². The molecular weight excluding hydrogens is 277 g/mol. The molecule has 4 rings (SSSR count). The van der Waals surface area contributed by atoms with E-state index in [9.17, 15) is 9.50 Å². The summed E-state index contributed by atoms with van der Waals surface area (Å²) in [4.78, 5) is 0. The molecule has 0 heterocycles. The number of allylic oxidation sites excluding steroid dienone is 1. The minimum Gasteiger partial charge on any atom is -0.389 e. The molecular formula is C19H28FNO. The molecule has 4 aliphatic rings. The van der Waals surface area contributed by atoms with Crippen LogP contribution in [0.4, 0.5) is 4.39 Å². The van der Waals surface area contributed by atoms with E-state index in [0.717, 1.165) is 38.5 Å². The van der Waals surface area contributed by atoms with E-state index < -0.39 is 6.17 Å². The number of nitrogens with one attached hydrogen (secondary N) is 1. The van der Waals surface area contributed by atoms with E-state index in [2.05, 4.69) is 19.9 Å². The van der Waals surface area contributed by atoms with Gasteiger partial charge in [-0.15, -0.1) is 0 Å². The van der Waals surface area contributed by atoms with Crippen molar-refractivity contribution in [2.45, 2.75) is 71.1 Å². The predicted molar refractivity (Wildman–Crippen MR) is 85.7 cm³/mol. The number of fused-ring (bicyclic) bond motifs is 5. The molecule has 2 nitrogen and oxygen atoms in total. The van der Waals surface area contributed by atoms with Crippen LogP contribution in [0.5, 0.6) is 0 Å². The monoisotopic (exact) mass is 305 g/mol. The van der Waals surface area contributed by atoms with Crippen molar-refractivity contribution in [2.24, 2.45) is 28.6 Å². The Hall–Kier alpha value is -0.700. The van der Waals surface area contributed by atoms with Crippen LogP contribution in [0.25, 0.3) is 0 Å². The van der Waals surface area contributed by atoms with E-state index in [-0.39, 0.29) is 16.9 Å². The first kappa shape index (κ1) is 14.9. The van der Waals surface area contributed by atoms with Crippen molar-refractivity contribution in [1.82, 2.24) is 0 Å². The van der Waals surface area contributed by atoms with E-state index in [1.807, 2.05) is 0 Å². The molecule has 1 unspecified atom stereocenters. The molecule has 0 radical (unpaired) electrons. The number of rotatable bonds is 0. The third-order valence-corrected chi connectivity index (χ3v) is 7.87. The van der Waals surface area contributed by atoms with Gasteiger partial charge in [-0.25, -0.2) is 4.39 Å². The maximum Gasteiger partial charge on any atom is 0.138 e. The zero-order valence-corrected chi connectivity index (χ0v) is 13.7. The summed E-state index contributed by atoms with van der Waals surface area (Å²) in [5.74, 6) is 1.55. The summed E-state index contributed by atoms with van der Waals surface area (Å²) in [5.41, 5.74) is 1.86. The first-order chi connectivity index (χ1) is 10.4. The lowest BCUT2D eigenvalue weighted by molar-refractivity contribution is -0.0265. The molecule has 0 bridgehead atoms. The molecule has 0 aromatic carbocycles. The number of hydrogen-bond donors (Lipinski definition) is 2. The summed E-state index contributed by atoms with van der Waals surface area (Å²) in [6.07, 6.45) is 7.64. The van der Waals surface area contributed by atoms with Crippen molar-refractivity contribution in [2.75, 3.05) is 0 Å². The van der Waals surface area contributed by atoms with Gasteiger partial charge >= 0.3 is 0 Å². The highest BCUT2D eigenvalue weighted by Gasteiger charge is 2.60. The normalized spacial score (nSPS) is 54.3. The first-order valence-corrected chi connectivity index (χ1v) is 8.98. The lowest BCUT2D eigenvalue weighted by atomic mass is 9.47. The maximum absolute atomic E-state index is 14.2. The highest BCUT2D eigenvalue weighted by molar-refractivity contribution is 5.93. The zero-order valence-electron chi connectivity index (χ0n) is 13.7. The second-order valence-corrected chi connectivity index (χ2v) is 8.70. The number of hydrogen-bond acceptors (Lipinski definition) is 2. The van der Waals surface area contributed by atoms with Gasteiger partial charge in [0.2, 0.25) is 0 Å². The number of aliphatic hydroxyl groups excluding tert-OH is 1. The third kappa shape index (κ3) is 1.78. The summed E-state index contributed by atoms with van der Waals surface area (Å²) < 4.78 is 14.2. The molecule has 2 N–H and O–H groups in total.